The fourth-order valence-corrected chi connectivity index (χ4v) is 9.75. The molecule has 0 aliphatic rings. The van der Waals surface area contributed by atoms with Gasteiger partial charge in [0.1, 0.15) is 0 Å². The predicted molar refractivity (Wildman–Crippen MR) is 322 cm³/mol. The second kappa shape index (κ2) is 63.1. The van der Waals surface area contributed by atoms with Gasteiger partial charge in [0.05, 0.1) is 18.8 Å². The first-order valence-electron chi connectivity index (χ1n) is 32.2. The van der Waals surface area contributed by atoms with Gasteiger partial charge in [-0.15, -0.1) is 0 Å². The van der Waals surface area contributed by atoms with E-state index in [0.29, 0.717) is 6.42 Å². The second-order valence-corrected chi connectivity index (χ2v) is 21.8. The molecule has 0 aliphatic heterocycles. The normalized spacial score (nSPS) is 13.2. The first-order chi connectivity index (χ1) is 35.7. The number of carbonyl (C=O) groups excluding carboxylic acids is 1. The van der Waals surface area contributed by atoms with Crippen molar-refractivity contribution in [3.63, 3.8) is 0 Å². The third kappa shape index (κ3) is 58.7. The van der Waals surface area contributed by atoms with Gasteiger partial charge >= 0.3 is 0 Å². The zero-order chi connectivity index (χ0) is 52.0. The van der Waals surface area contributed by atoms with Crippen molar-refractivity contribution in [2.75, 3.05) is 6.61 Å². The molecule has 0 radical (unpaired) electrons. The van der Waals surface area contributed by atoms with E-state index >= 15 is 0 Å². The van der Waals surface area contributed by atoms with Crippen LogP contribution in [0.25, 0.3) is 0 Å². The van der Waals surface area contributed by atoms with Gasteiger partial charge in [-0.05, 0) is 83.5 Å². The third-order valence-corrected chi connectivity index (χ3v) is 14.6. The van der Waals surface area contributed by atoms with E-state index in [-0.39, 0.29) is 12.5 Å². The Bertz CT molecular complexity index is 1230. The number of unbranched alkanes of at least 4 members (excludes halogenated alkanes) is 42. The SMILES string of the molecule is CCCCCCC/C=C\C/C=C\C/C=C\CCCCCCCCCCCCCCCCCCCCC(=O)NC(CO)C(O)/C=C/CC/C=C/CC/C=C/CCCCCCCCCCCCCCCCCCC. The molecule has 0 bridgehead atoms. The molecule has 4 heteroatoms. The lowest BCUT2D eigenvalue weighted by Gasteiger charge is -2.19. The molecule has 0 aromatic heterocycles. The molecule has 0 rings (SSSR count). The number of aliphatic hydroxyl groups excluding tert-OH is 2. The molecule has 2 unspecified atom stereocenters. The van der Waals surface area contributed by atoms with Gasteiger partial charge in [0.15, 0.2) is 0 Å². The molecular formula is C68H125NO3. The standard InChI is InChI=1S/C68H125NO3/c1-3-5-7-9-11-13-15-17-19-21-23-25-27-29-31-32-33-34-35-36-38-40-42-44-46-48-50-52-54-56-58-60-62-64-68(72)69-66(65-70)67(71)63-61-59-57-55-53-51-49-47-45-43-41-39-37-30-28-26-24-22-20-18-16-14-12-10-8-6-4-2/h15,17,21,23,27,29,45,47,53,55,61,63,66-67,70-71H,3-14,16,18-20,22,24-26,28,30-44,46,48-52,54,56-60,62,64-65H2,1-2H3,(H,69,72)/b17-15-,23-21-,29-27-,47-45+,55-53+,63-61+. The topological polar surface area (TPSA) is 69.6 Å². The molecule has 0 aromatic carbocycles. The quantitative estimate of drug-likeness (QED) is 0.0420. The number of carbonyl (C=O) groups is 1. The summed E-state index contributed by atoms with van der Waals surface area (Å²) in [5.74, 6) is -0.0747. The Hall–Kier alpha value is -2.17. The van der Waals surface area contributed by atoms with Gasteiger partial charge < -0.3 is 15.5 Å². The van der Waals surface area contributed by atoms with Gasteiger partial charge in [0, 0.05) is 6.42 Å². The number of allylic oxidation sites excluding steroid dienone is 11. The van der Waals surface area contributed by atoms with Crippen LogP contribution in [0.5, 0.6) is 0 Å². The molecule has 1 amide bonds. The highest BCUT2D eigenvalue weighted by molar-refractivity contribution is 5.76. The van der Waals surface area contributed by atoms with E-state index in [0.717, 1.165) is 51.4 Å². The first kappa shape index (κ1) is 69.8. The number of nitrogens with one attached hydrogen (secondary N) is 1. The summed E-state index contributed by atoms with van der Waals surface area (Å²) in [7, 11) is 0. The Morgan fingerprint density at radius 2 is 0.583 bits per heavy atom. The summed E-state index contributed by atoms with van der Waals surface area (Å²) in [6.07, 6.45) is 91.0. The Labute approximate surface area is 450 Å². The highest BCUT2D eigenvalue weighted by Gasteiger charge is 2.18. The van der Waals surface area contributed by atoms with Crippen LogP contribution >= 0.6 is 0 Å². The molecular weight excluding hydrogens is 879 g/mol. The molecule has 0 aliphatic carbocycles. The van der Waals surface area contributed by atoms with Gasteiger partial charge in [-0.25, -0.2) is 0 Å². The fourth-order valence-electron chi connectivity index (χ4n) is 9.75. The van der Waals surface area contributed by atoms with Gasteiger partial charge in [-0.2, -0.15) is 0 Å². The molecule has 2 atom stereocenters. The Morgan fingerprint density at radius 3 is 0.903 bits per heavy atom. The molecule has 72 heavy (non-hydrogen) atoms. The molecule has 0 fully saturated rings. The molecule has 3 N–H and O–H groups in total. The highest BCUT2D eigenvalue weighted by Crippen LogP contribution is 2.17. The fraction of sp³-hybridized carbons (Fsp3) is 0.809. The van der Waals surface area contributed by atoms with Crippen LogP contribution in [0.3, 0.4) is 0 Å². The summed E-state index contributed by atoms with van der Waals surface area (Å²) in [5.41, 5.74) is 0. The van der Waals surface area contributed by atoms with Crippen molar-refractivity contribution in [1.29, 1.82) is 0 Å². The predicted octanol–water partition coefficient (Wildman–Crippen LogP) is 21.7. The van der Waals surface area contributed by atoms with Gasteiger partial charge in [0.2, 0.25) is 5.91 Å². The van der Waals surface area contributed by atoms with Crippen LogP contribution in [0.2, 0.25) is 0 Å². The van der Waals surface area contributed by atoms with E-state index in [1.54, 1.807) is 6.08 Å². The maximum atomic E-state index is 12.5. The van der Waals surface area contributed by atoms with Crippen LogP contribution in [0.15, 0.2) is 72.9 Å². The van der Waals surface area contributed by atoms with Crippen molar-refractivity contribution in [3.8, 4) is 0 Å². The van der Waals surface area contributed by atoms with Gasteiger partial charge in [-0.3, -0.25) is 4.79 Å². The lowest BCUT2D eigenvalue weighted by atomic mass is 10.0. The molecule has 4 nitrogen and oxygen atoms in total. The number of rotatable bonds is 59. The van der Waals surface area contributed by atoms with E-state index in [1.807, 2.05) is 6.08 Å². The monoisotopic (exact) mass is 1000 g/mol. The van der Waals surface area contributed by atoms with Crippen molar-refractivity contribution < 1.29 is 15.0 Å². The Balaban J connectivity index is 3.52. The lowest BCUT2D eigenvalue weighted by molar-refractivity contribution is -0.123. The van der Waals surface area contributed by atoms with Crippen LogP contribution in [0.1, 0.15) is 335 Å². The number of aliphatic hydroxyl groups is 2. The zero-order valence-corrected chi connectivity index (χ0v) is 48.4. The van der Waals surface area contributed by atoms with E-state index in [2.05, 4.69) is 79.9 Å². The third-order valence-electron chi connectivity index (χ3n) is 14.6. The first-order valence-corrected chi connectivity index (χ1v) is 32.2. The summed E-state index contributed by atoms with van der Waals surface area (Å²) in [6, 6.07) is -0.649. The minimum Gasteiger partial charge on any atom is -0.394 e. The van der Waals surface area contributed by atoms with E-state index in [4.69, 9.17) is 0 Å². The molecule has 0 saturated carbocycles. The summed E-state index contributed by atoms with van der Waals surface area (Å²) >= 11 is 0. The average molecular weight is 1000 g/mol. The van der Waals surface area contributed by atoms with E-state index < -0.39 is 12.1 Å². The van der Waals surface area contributed by atoms with Crippen molar-refractivity contribution in [1.82, 2.24) is 5.32 Å². The van der Waals surface area contributed by atoms with Crippen LogP contribution in [-0.4, -0.2) is 34.9 Å². The number of amides is 1. The molecule has 0 heterocycles. The summed E-state index contributed by atoms with van der Waals surface area (Å²) in [4.78, 5) is 12.5. The second-order valence-electron chi connectivity index (χ2n) is 21.8. The van der Waals surface area contributed by atoms with Crippen LogP contribution in [0, 0.1) is 0 Å². The summed E-state index contributed by atoms with van der Waals surface area (Å²) in [5, 5.41) is 23.2. The minimum atomic E-state index is -0.874. The maximum Gasteiger partial charge on any atom is 0.220 e. The number of hydrogen-bond acceptors (Lipinski definition) is 3. The van der Waals surface area contributed by atoms with Crippen LogP contribution < -0.4 is 5.32 Å². The minimum absolute atomic E-state index is 0.0747. The summed E-state index contributed by atoms with van der Waals surface area (Å²) < 4.78 is 0. The van der Waals surface area contributed by atoms with Crippen molar-refractivity contribution in [2.45, 2.75) is 347 Å². The Morgan fingerprint density at radius 1 is 0.333 bits per heavy atom. The highest BCUT2D eigenvalue weighted by atomic mass is 16.3. The van der Waals surface area contributed by atoms with E-state index in [1.165, 1.54) is 263 Å². The smallest absolute Gasteiger partial charge is 0.220 e. The largest absolute Gasteiger partial charge is 0.394 e. The van der Waals surface area contributed by atoms with Gasteiger partial charge in [0.25, 0.3) is 0 Å². The Kier molecular flexibility index (Phi) is 61.2. The molecule has 0 saturated heterocycles. The zero-order valence-electron chi connectivity index (χ0n) is 48.4. The van der Waals surface area contributed by atoms with Crippen molar-refractivity contribution >= 4 is 5.91 Å². The van der Waals surface area contributed by atoms with Crippen LogP contribution in [0.4, 0.5) is 0 Å². The molecule has 420 valence electrons. The van der Waals surface area contributed by atoms with E-state index in [9.17, 15) is 15.0 Å². The van der Waals surface area contributed by atoms with Crippen molar-refractivity contribution in [3.05, 3.63) is 72.9 Å². The maximum absolute atomic E-state index is 12.5. The average Bonchev–Trinajstić information content (AvgIpc) is 3.39. The number of hydrogen-bond donors (Lipinski definition) is 3. The van der Waals surface area contributed by atoms with Crippen molar-refractivity contribution in [2.24, 2.45) is 0 Å². The molecule has 0 aromatic rings. The van der Waals surface area contributed by atoms with Gasteiger partial charge in [-0.1, -0.05) is 318 Å². The van der Waals surface area contributed by atoms with Crippen LogP contribution in [-0.2, 0) is 4.79 Å². The molecule has 0 spiro atoms. The lowest BCUT2D eigenvalue weighted by Crippen LogP contribution is -2.45. The summed E-state index contributed by atoms with van der Waals surface area (Å²) in [6.45, 7) is 4.31.